The third kappa shape index (κ3) is 3.81. The molecule has 0 aromatic heterocycles. The monoisotopic (exact) mass is 221 g/mol. The summed E-state index contributed by atoms with van der Waals surface area (Å²) in [5, 5.41) is 5.90. The summed E-state index contributed by atoms with van der Waals surface area (Å²) < 4.78 is 0. The Morgan fingerprint density at radius 1 is 1.44 bits per heavy atom. The lowest BCUT2D eigenvalue weighted by molar-refractivity contribution is -0.119. The number of aryl methyl sites for hydroxylation is 1. The number of benzene rings is 1. The average molecular weight is 221 g/mol. The van der Waals surface area contributed by atoms with Gasteiger partial charge >= 0.3 is 0 Å². The molecule has 0 fully saturated rings. The van der Waals surface area contributed by atoms with E-state index in [2.05, 4.69) is 10.6 Å². The molecule has 1 aromatic rings. The summed E-state index contributed by atoms with van der Waals surface area (Å²) in [6.07, 6.45) is 0. The molecule has 1 amide bonds. The molecule has 4 heteroatoms. The summed E-state index contributed by atoms with van der Waals surface area (Å²) in [6.45, 7) is 6.11. The van der Waals surface area contributed by atoms with Gasteiger partial charge in [0.2, 0.25) is 5.91 Å². The molecule has 0 atom stereocenters. The number of nitrogen functional groups attached to an aromatic ring is 1. The predicted molar refractivity (Wildman–Crippen MR) is 67.4 cm³/mol. The topological polar surface area (TPSA) is 67.1 Å². The summed E-state index contributed by atoms with van der Waals surface area (Å²) in [4.78, 5) is 11.4. The van der Waals surface area contributed by atoms with Crippen molar-refractivity contribution in [2.24, 2.45) is 0 Å². The van der Waals surface area contributed by atoms with Crippen LogP contribution in [-0.2, 0) is 4.79 Å². The molecule has 4 N–H and O–H groups in total. The first-order valence-electron chi connectivity index (χ1n) is 5.38. The molecule has 1 aromatic carbocycles. The number of anilines is 2. The van der Waals surface area contributed by atoms with Gasteiger partial charge in [-0.25, -0.2) is 0 Å². The van der Waals surface area contributed by atoms with E-state index in [1.54, 1.807) is 0 Å². The highest BCUT2D eigenvalue weighted by Crippen LogP contribution is 2.16. The van der Waals surface area contributed by atoms with E-state index in [-0.39, 0.29) is 18.5 Å². The van der Waals surface area contributed by atoms with Gasteiger partial charge in [0.1, 0.15) is 0 Å². The summed E-state index contributed by atoms with van der Waals surface area (Å²) in [5.41, 5.74) is 8.35. The molecule has 88 valence electrons. The lowest BCUT2D eigenvalue weighted by Crippen LogP contribution is -2.34. The van der Waals surface area contributed by atoms with Crippen molar-refractivity contribution in [1.29, 1.82) is 0 Å². The van der Waals surface area contributed by atoms with E-state index in [9.17, 15) is 4.79 Å². The minimum absolute atomic E-state index is 0.00812. The molecule has 0 aliphatic carbocycles. The van der Waals surface area contributed by atoms with Gasteiger partial charge in [-0.05, 0) is 44.5 Å². The van der Waals surface area contributed by atoms with Gasteiger partial charge in [0.05, 0.1) is 6.54 Å². The first-order chi connectivity index (χ1) is 7.49. The largest absolute Gasteiger partial charge is 0.399 e. The molecule has 0 bridgehead atoms. The van der Waals surface area contributed by atoms with Crippen LogP contribution in [0.2, 0.25) is 0 Å². The fourth-order valence-corrected chi connectivity index (χ4v) is 1.43. The third-order valence-electron chi connectivity index (χ3n) is 2.14. The minimum atomic E-state index is -0.00812. The SMILES string of the molecule is Cc1cc(N)ccc1NCC(=O)NC(C)C. The van der Waals surface area contributed by atoms with Crippen molar-refractivity contribution in [3.63, 3.8) is 0 Å². The van der Waals surface area contributed by atoms with Gasteiger partial charge in [0.25, 0.3) is 0 Å². The molecule has 16 heavy (non-hydrogen) atoms. The Morgan fingerprint density at radius 2 is 2.12 bits per heavy atom. The number of carbonyl (C=O) groups is 1. The average Bonchev–Trinajstić information content (AvgIpc) is 2.15. The molecule has 0 saturated carbocycles. The Morgan fingerprint density at radius 3 is 2.69 bits per heavy atom. The van der Waals surface area contributed by atoms with E-state index in [0.717, 1.165) is 16.9 Å². The molecule has 0 spiro atoms. The molecular weight excluding hydrogens is 202 g/mol. The Labute approximate surface area is 96.2 Å². The van der Waals surface area contributed by atoms with E-state index in [1.807, 2.05) is 39.0 Å². The number of nitrogens with two attached hydrogens (primary N) is 1. The first kappa shape index (κ1) is 12.4. The quantitative estimate of drug-likeness (QED) is 0.675. The van der Waals surface area contributed by atoms with Crippen LogP contribution < -0.4 is 16.4 Å². The number of hydrogen-bond acceptors (Lipinski definition) is 3. The maximum absolute atomic E-state index is 11.4. The highest BCUT2D eigenvalue weighted by atomic mass is 16.1. The Hall–Kier alpha value is -1.71. The van der Waals surface area contributed by atoms with E-state index in [1.165, 1.54) is 0 Å². The smallest absolute Gasteiger partial charge is 0.239 e. The van der Waals surface area contributed by atoms with E-state index in [4.69, 9.17) is 5.73 Å². The van der Waals surface area contributed by atoms with Gasteiger partial charge in [-0.2, -0.15) is 0 Å². The van der Waals surface area contributed by atoms with Crippen LogP contribution in [0.1, 0.15) is 19.4 Å². The number of rotatable bonds is 4. The lowest BCUT2D eigenvalue weighted by Gasteiger charge is -2.12. The van der Waals surface area contributed by atoms with Gasteiger partial charge in [0.15, 0.2) is 0 Å². The minimum Gasteiger partial charge on any atom is -0.399 e. The van der Waals surface area contributed by atoms with Crippen LogP contribution in [0.4, 0.5) is 11.4 Å². The fraction of sp³-hybridized carbons (Fsp3) is 0.417. The third-order valence-corrected chi connectivity index (χ3v) is 2.14. The van der Waals surface area contributed by atoms with Crippen LogP contribution in [0.25, 0.3) is 0 Å². The van der Waals surface area contributed by atoms with Crippen molar-refractivity contribution < 1.29 is 4.79 Å². The van der Waals surface area contributed by atoms with Crippen LogP contribution in [0, 0.1) is 6.92 Å². The van der Waals surface area contributed by atoms with Gasteiger partial charge in [0, 0.05) is 17.4 Å². The molecule has 0 aliphatic rings. The lowest BCUT2D eigenvalue weighted by atomic mass is 10.2. The van der Waals surface area contributed by atoms with Crippen LogP contribution in [0.3, 0.4) is 0 Å². The zero-order chi connectivity index (χ0) is 12.1. The van der Waals surface area contributed by atoms with Crippen LogP contribution in [0.15, 0.2) is 18.2 Å². The highest BCUT2D eigenvalue weighted by Gasteiger charge is 2.04. The van der Waals surface area contributed by atoms with Crippen LogP contribution in [-0.4, -0.2) is 18.5 Å². The molecule has 4 nitrogen and oxygen atoms in total. The summed E-state index contributed by atoms with van der Waals surface area (Å²) in [7, 11) is 0. The van der Waals surface area contributed by atoms with E-state index >= 15 is 0 Å². The number of nitrogens with one attached hydrogen (secondary N) is 2. The van der Waals surface area contributed by atoms with Crippen molar-refractivity contribution in [1.82, 2.24) is 5.32 Å². The van der Waals surface area contributed by atoms with Crippen molar-refractivity contribution in [2.75, 3.05) is 17.6 Å². The molecule has 0 heterocycles. The second-order valence-corrected chi connectivity index (χ2v) is 4.15. The normalized spacial score (nSPS) is 10.2. The molecule has 0 radical (unpaired) electrons. The molecule has 0 unspecified atom stereocenters. The maximum Gasteiger partial charge on any atom is 0.239 e. The van der Waals surface area contributed by atoms with Gasteiger partial charge in [-0.15, -0.1) is 0 Å². The van der Waals surface area contributed by atoms with Gasteiger partial charge < -0.3 is 16.4 Å². The zero-order valence-corrected chi connectivity index (χ0v) is 10.0. The standard InChI is InChI=1S/C12H19N3O/c1-8(2)15-12(16)7-14-11-5-4-10(13)6-9(11)3/h4-6,8,14H,7,13H2,1-3H3,(H,15,16). The fourth-order valence-electron chi connectivity index (χ4n) is 1.43. The number of hydrogen-bond donors (Lipinski definition) is 3. The van der Waals surface area contributed by atoms with Gasteiger partial charge in [-0.3, -0.25) is 4.79 Å². The molecule has 0 aliphatic heterocycles. The Balaban J connectivity index is 2.51. The molecule has 1 rings (SSSR count). The second-order valence-electron chi connectivity index (χ2n) is 4.15. The summed E-state index contributed by atoms with van der Waals surface area (Å²) in [6, 6.07) is 5.74. The summed E-state index contributed by atoms with van der Waals surface area (Å²) >= 11 is 0. The van der Waals surface area contributed by atoms with Crippen LogP contribution >= 0.6 is 0 Å². The maximum atomic E-state index is 11.4. The van der Waals surface area contributed by atoms with E-state index < -0.39 is 0 Å². The number of amides is 1. The first-order valence-corrected chi connectivity index (χ1v) is 5.38. The zero-order valence-electron chi connectivity index (χ0n) is 10.0. The Kier molecular flexibility index (Phi) is 4.17. The van der Waals surface area contributed by atoms with Crippen molar-refractivity contribution in [2.45, 2.75) is 26.8 Å². The highest BCUT2D eigenvalue weighted by molar-refractivity contribution is 5.81. The van der Waals surface area contributed by atoms with Crippen LogP contribution in [0.5, 0.6) is 0 Å². The molecular formula is C12H19N3O. The second kappa shape index (κ2) is 5.39. The van der Waals surface area contributed by atoms with Crippen molar-refractivity contribution in [3.8, 4) is 0 Å². The summed E-state index contributed by atoms with van der Waals surface area (Å²) in [5.74, 6) is -0.00812. The van der Waals surface area contributed by atoms with Gasteiger partial charge in [-0.1, -0.05) is 0 Å². The van der Waals surface area contributed by atoms with E-state index in [0.29, 0.717) is 0 Å². The molecule has 0 saturated heterocycles. The number of carbonyl (C=O) groups excluding carboxylic acids is 1. The van der Waals surface area contributed by atoms with Crippen molar-refractivity contribution in [3.05, 3.63) is 23.8 Å². The Bertz CT molecular complexity index is 375. The predicted octanol–water partition coefficient (Wildman–Crippen LogP) is 1.51. The van der Waals surface area contributed by atoms with Crippen molar-refractivity contribution >= 4 is 17.3 Å².